The molecule has 1 aromatic carbocycles. The molecule has 1 saturated carbocycles. The molecule has 2 unspecified atom stereocenters. The van der Waals surface area contributed by atoms with Crippen LogP contribution in [0.4, 0.5) is 4.39 Å². The van der Waals surface area contributed by atoms with E-state index >= 15 is 0 Å². The minimum absolute atomic E-state index is 0.153. The van der Waals surface area contributed by atoms with E-state index in [4.69, 9.17) is 4.74 Å². The Kier molecular flexibility index (Phi) is 3.74. The molecular weight excluding hydrogens is 241 g/mol. The fourth-order valence-corrected chi connectivity index (χ4v) is 3.34. The first-order chi connectivity index (χ1) is 9.22. The second-order valence-corrected chi connectivity index (χ2v) is 5.94. The standard InChI is InChI=1S/C16H22FNO/c1-11(12-4-2-3-5-12)18-10-15-9-13-8-14(17)6-7-16(13)19-15/h6-8,11-12,15,18H,2-5,9-10H2,1H3. The molecule has 1 aromatic rings. The largest absolute Gasteiger partial charge is 0.488 e. The van der Waals surface area contributed by atoms with Crippen LogP contribution in [-0.4, -0.2) is 18.7 Å². The predicted molar refractivity (Wildman–Crippen MR) is 73.9 cm³/mol. The summed E-state index contributed by atoms with van der Waals surface area (Å²) >= 11 is 0. The Morgan fingerprint density at radius 3 is 2.95 bits per heavy atom. The maximum Gasteiger partial charge on any atom is 0.123 e. The van der Waals surface area contributed by atoms with Crippen LogP contribution in [0.2, 0.25) is 0 Å². The summed E-state index contributed by atoms with van der Waals surface area (Å²) in [6, 6.07) is 5.36. The molecule has 3 rings (SSSR count). The Balaban J connectivity index is 1.50. The molecule has 1 aliphatic heterocycles. The van der Waals surface area contributed by atoms with Crippen LogP contribution in [0.3, 0.4) is 0 Å². The molecule has 1 N–H and O–H groups in total. The van der Waals surface area contributed by atoms with Gasteiger partial charge in [-0.15, -0.1) is 0 Å². The van der Waals surface area contributed by atoms with E-state index in [2.05, 4.69) is 12.2 Å². The molecule has 0 radical (unpaired) electrons. The molecule has 1 aliphatic carbocycles. The Hall–Kier alpha value is -1.09. The van der Waals surface area contributed by atoms with Gasteiger partial charge in [0.15, 0.2) is 0 Å². The van der Waals surface area contributed by atoms with Crippen molar-refractivity contribution in [2.75, 3.05) is 6.54 Å². The van der Waals surface area contributed by atoms with Crippen LogP contribution in [0.15, 0.2) is 18.2 Å². The highest BCUT2D eigenvalue weighted by molar-refractivity contribution is 5.37. The second kappa shape index (κ2) is 5.49. The summed E-state index contributed by atoms with van der Waals surface area (Å²) < 4.78 is 19.0. The van der Waals surface area contributed by atoms with E-state index in [9.17, 15) is 4.39 Å². The second-order valence-electron chi connectivity index (χ2n) is 5.94. The van der Waals surface area contributed by atoms with E-state index in [1.54, 1.807) is 12.1 Å². The van der Waals surface area contributed by atoms with Crippen molar-refractivity contribution in [3.63, 3.8) is 0 Å². The molecule has 2 nitrogen and oxygen atoms in total. The first-order valence-electron chi connectivity index (χ1n) is 7.41. The van der Waals surface area contributed by atoms with Gasteiger partial charge in [0.1, 0.15) is 17.7 Å². The van der Waals surface area contributed by atoms with E-state index in [0.29, 0.717) is 6.04 Å². The zero-order valence-corrected chi connectivity index (χ0v) is 11.5. The summed E-state index contributed by atoms with van der Waals surface area (Å²) in [5, 5.41) is 3.60. The lowest BCUT2D eigenvalue weighted by Crippen LogP contribution is -2.39. The van der Waals surface area contributed by atoms with Crippen molar-refractivity contribution in [3.05, 3.63) is 29.6 Å². The molecule has 104 valence electrons. The van der Waals surface area contributed by atoms with Crippen LogP contribution in [0.25, 0.3) is 0 Å². The lowest BCUT2D eigenvalue weighted by atomic mass is 9.99. The Bertz CT molecular complexity index is 442. The first-order valence-corrected chi connectivity index (χ1v) is 7.41. The Labute approximate surface area is 114 Å². The summed E-state index contributed by atoms with van der Waals surface area (Å²) in [5.41, 5.74) is 1.00. The molecule has 2 aliphatic rings. The van der Waals surface area contributed by atoms with E-state index in [1.165, 1.54) is 31.7 Å². The van der Waals surface area contributed by atoms with Crippen molar-refractivity contribution in [2.24, 2.45) is 5.92 Å². The third-order valence-electron chi connectivity index (χ3n) is 4.54. The summed E-state index contributed by atoms with van der Waals surface area (Å²) in [5.74, 6) is 1.50. The Morgan fingerprint density at radius 1 is 1.37 bits per heavy atom. The lowest BCUT2D eigenvalue weighted by Gasteiger charge is -2.22. The van der Waals surface area contributed by atoms with E-state index < -0.39 is 0 Å². The van der Waals surface area contributed by atoms with Crippen LogP contribution in [-0.2, 0) is 6.42 Å². The van der Waals surface area contributed by atoms with Crippen LogP contribution in [0, 0.1) is 11.7 Å². The zero-order valence-electron chi connectivity index (χ0n) is 11.5. The minimum atomic E-state index is -0.171. The lowest BCUT2D eigenvalue weighted by molar-refractivity contribution is 0.214. The van der Waals surface area contributed by atoms with Crippen molar-refractivity contribution in [1.82, 2.24) is 5.32 Å². The SMILES string of the molecule is CC(NCC1Cc2cc(F)ccc2O1)C1CCCC1. The Morgan fingerprint density at radius 2 is 2.16 bits per heavy atom. The van der Waals surface area contributed by atoms with Crippen molar-refractivity contribution < 1.29 is 9.13 Å². The molecule has 0 amide bonds. The summed E-state index contributed by atoms with van der Waals surface area (Å²) in [4.78, 5) is 0. The predicted octanol–water partition coefficient (Wildman–Crippen LogP) is 3.30. The van der Waals surface area contributed by atoms with Gasteiger partial charge in [-0.2, -0.15) is 0 Å². The van der Waals surface area contributed by atoms with E-state index in [0.717, 1.165) is 30.2 Å². The number of benzene rings is 1. The van der Waals surface area contributed by atoms with Gasteiger partial charge in [0.2, 0.25) is 0 Å². The highest BCUT2D eigenvalue weighted by Crippen LogP contribution is 2.30. The number of rotatable bonds is 4. The number of hydrogen-bond donors (Lipinski definition) is 1. The summed E-state index contributed by atoms with van der Waals surface area (Å²) in [7, 11) is 0. The molecule has 0 spiro atoms. The van der Waals surface area contributed by atoms with Gasteiger partial charge < -0.3 is 10.1 Å². The van der Waals surface area contributed by atoms with Gasteiger partial charge in [-0.05, 0) is 43.9 Å². The van der Waals surface area contributed by atoms with Crippen molar-refractivity contribution >= 4 is 0 Å². The molecule has 3 heteroatoms. The van der Waals surface area contributed by atoms with Crippen LogP contribution < -0.4 is 10.1 Å². The topological polar surface area (TPSA) is 21.3 Å². The monoisotopic (exact) mass is 263 g/mol. The van der Waals surface area contributed by atoms with Crippen molar-refractivity contribution in [3.8, 4) is 5.75 Å². The fraction of sp³-hybridized carbons (Fsp3) is 0.625. The van der Waals surface area contributed by atoms with E-state index in [-0.39, 0.29) is 11.9 Å². The molecule has 19 heavy (non-hydrogen) atoms. The first kappa shape index (κ1) is 12.9. The van der Waals surface area contributed by atoms with Gasteiger partial charge in [-0.25, -0.2) is 4.39 Å². The van der Waals surface area contributed by atoms with Crippen molar-refractivity contribution in [1.29, 1.82) is 0 Å². The van der Waals surface area contributed by atoms with Gasteiger partial charge in [-0.1, -0.05) is 12.8 Å². The minimum Gasteiger partial charge on any atom is -0.488 e. The molecule has 0 bridgehead atoms. The van der Waals surface area contributed by atoms with Gasteiger partial charge >= 0.3 is 0 Å². The summed E-state index contributed by atoms with van der Waals surface area (Å²) in [6.07, 6.45) is 6.43. The average Bonchev–Trinajstić information content (AvgIpc) is 3.04. The van der Waals surface area contributed by atoms with Crippen LogP contribution in [0.5, 0.6) is 5.75 Å². The third-order valence-corrected chi connectivity index (χ3v) is 4.54. The molecular formula is C16H22FNO. The highest BCUT2D eigenvalue weighted by atomic mass is 19.1. The fourth-order valence-electron chi connectivity index (χ4n) is 3.34. The van der Waals surface area contributed by atoms with E-state index in [1.807, 2.05) is 0 Å². The third kappa shape index (κ3) is 2.92. The van der Waals surface area contributed by atoms with Gasteiger partial charge in [-0.3, -0.25) is 0 Å². The van der Waals surface area contributed by atoms with Crippen LogP contribution in [0.1, 0.15) is 38.2 Å². The molecule has 0 saturated heterocycles. The molecule has 0 aromatic heterocycles. The smallest absolute Gasteiger partial charge is 0.123 e. The quantitative estimate of drug-likeness (QED) is 0.900. The zero-order chi connectivity index (χ0) is 13.2. The number of nitrogens with one attached hydrogen (secondary N) is 1. The maximum atomic E-state index is 13.1. The average molecular weight is 263 g/mol. The molecule has 1 heterocycles. The molecule has 2 atom stereocenters. The highest BCUT2D eigenvalue weighted by Gasteiger charge is 2.26. The van der Waals surface area contributed by atoms with Gasteiger partial charge in [0, 0.05) is 24.6 Å². The van der Waals surface area contributed by atoms with Crippen molar-refractivity contribution in [2.45, 2.75) is 51.2 Å². The summed E-state index contributed by atoms with van der Waals surface area (Å²) in [6.45, 7) is 3.13. The molecule has 1 fully saturated rings. The maximum absolute atomic E-state index is 13.1. The number of ether oxygens (including phenoxy) is 1. The number of halogens is 1. The number of fused-ring (bicyclic) bond motifs is 1. The normalized spacial score (nSPS) is 24.2. The number of hydrogen-bond acceptors (Lipinski definition) is 2. The van der Waals surface area contributed by atoms with Crippen LogP contribution >= 0.6 is 0 Å². The van der Waals surface area contributed by atoms with Gasteiger partial charge in [0.25, 0.3) is 0 Å². The van der Waals surface area contributed by atoms with Gasteiger partial charge in [0.05, 0.1) is 0 Å².